The van der Waals surface area contributed by atoms with E-state index in [2.05, 4.69) is 10.2 Å². The Morgan fingerprint density at radius 3 is 2.25 bits per heavy atom. The molecule has 3 N–H and O–H groups in total. The van der Waals surface area contributed by atoms with Crippen molar-refractivity contribution in [3.8, 4) is 0 Å². The van der Waals surface area contributed by atoms with Gasteiger partial charge in [0.15, 0.2) is 0 Å². The first kappa shape index (κ1) is 15.4. The molecular weight excluding hydrogens is 202 g/mol. The highest BCUT2D eigenvalue weighted by Gasteiger charge is 2.27. The molecule has 0 saturated heterocycles. The van der Waals surface area contributed by atoms with Crippen LogP contribution >= 0.6 is 0 Å². The molecular formula is C12H27N3O. The smallest absolute Gasteiger partial charge is 0.237 e. The van der Waals surface area contributed by atoms with Crippen molar-refractivity contribution in [1.29, 1.82) is 0 Å². The number of nitrogens with one attached hydrogen (secondary N) is 1. The van der Waals surface area contributed by atoms with Gasteiger partial charge in [-0.25, -0.2) is 0 Å². The number of nitrogens with two attached hydrogens (primary N) is 1. The first-order chi connectivity index (χ1) is 7.14. The Morgan fingerprint density at radius 1 is 1.38 bits per heavy atom. The zero-order valence-electron chi connectivity index (χ0n) is 11.5. The molecule has 16 heavy (non-hydrogen) atoms. The van der Waals surface area contributed by atoms with Gasteiger partial charge < -0.3 is 16.0 Å². The third kappa shape index (κ3) is 6.08. The Morgan fingerprint density at radius 2 is 1.88 bits per heavy atom. The Labute approximate surface area is 99.6 Å². The summed E-state index contributed by atoms with van der Waals surface area (Å²) in [4.78, 5) is 13.9. The lowest BCUT2D eigenvalue weighted by Crippen LogP contribution is -2.51. The van der Waals surface area contributed by atoms with E-state index in [0.29, 0.717) is 0 Å². The van der Waals surface area contributed by atoms with Crippen LogP contribution in [0.5, 0.6) is 0 Å². The summed E-state index contributed by atoms with van der Waals surface area (Å²) in [5, 5.41) is 2.95. The summed E-state index contributed by atoms with van der Waals surface area (Å²) in [6.07, 6.45) is 0.940. The lowest BCUT2D eigenvalue weighted by atomic mass is 9.87. The van der Waals surface area contributed by atoms with Gasteiger partial charge in [0.25, 0.3) is 0 Å². The first-order valence-corrected chi connectivity index (χ1v) is 5.85. The van der Waals surface area contributed by atoms with Gasteiger partial charge in [-0.3, -0.25) is 4.79 Å². The number of carbonyl (C=O) groups is 1. The maximum atomic E-state index is 11.8. The van der Waals surface area contributed by atoms with Gasteiger partial charge >= 0.3 is 0 Å². The molecule has 2 atom stereocenters. The van der Waals surface area contributed by atoms with Crippen LogP contribution in [0, 0.1) is 5.41 Å². The predicted octanol–water partition coefficient (Wildman–Crippen LogP) is 0.816. The van der Waals surface area contributed by atoms with E-state index in [4.69, 9.17) is 5.73 Å². The minimum absolute atomic E-state index is 0.0567. The van der Waals surface area contributed by atoms with E-state index >= 15 is 0 Å². The first-order valence-electron chi connectivity index (χ1n) is 5.85. The van der Waals surface area contributed by atoms with E-state index in [1.165, 1.54) is 0 Å². The van der Waals surface area contributed by atoms with Crippen molar-refractivity contribution >= 4 is 5.91 Å². The van der Waals surface area contributed by atoms with Gasteiger partial charge in [0.1, 0.15) is 0 Å². The van der Waals surface area contributed by atoms with E-state index in [1.807, 2.05) is 41.8 Å². The number of amides is 1. The summed E-state index contributed by atoms with van der Waals surface area (Å²) in [5.74, 6) is -0.0567. The second-order valence-electron chi connectivity index (χ2n) is 5.85. The van der Waals surface area contributed by atoms with Gasteiger partial charge in [0.05, 0.1) is 6.04 Å². The van der Waals surface area contributed by atoms with Crippen LogP contribution in [0.4, 0.5) is 0 Å². The summed E-state index contributed by atoms with van der Waals surface area (Å²) >= 11 is 0. The third-order valence-electron chi connectivity index (χ3n) is 2.61. The van der Waals surface area contributed by atoms with Gasteiger partial charge in [-0.1, -0.05) is 20.8 Å². The minimum atomic E-state index is -0.450. The molecule has 0 saturated carbocycles. The molecule has 0 aliphatic carbocycles. The fourth-order valence-electron chi connectivity index (χ4n) is 1.25. The van der Waals surface area contributed by atoms with Crippen LogP contribution in [0.25, 0.3) is 0 Å². The van der Waals surface area contributed by atoms with Crippen molar-refractivity contribution in [2.45, 2.75) is 46.2 Å². The largest absolute Gasteiger partial charge is 0.352 e. The van der Waals surface area contributed by atoms with Crippen molar-refractivity contribution < 1.29 is 4.79 Å². The molecule has 0 radical (unpaired) electrons. The number of rotatable bonds is 5. The van der Waals surface area contributed by atoms with Crippen LogP contribution in [0.3, 0.4) is 0 Å². The van der Waals surface area contributed by atoms with Gasteiger partial charge in [-0.05, 0) is 39.4 Å². The number of hydrogen-bond donors (Lipinski definition) is 2. The molecule has 2 unspecified atom stereocenters. The molecule has 4 nitrogen and oxygen atoms in total. The van der Waals surface area contributed by atoms with Gasteiger partial charge in [0.2, 0.25) is 5.91 Å². The third-order valence-corrected chi connectivity index (χ3v) is 2.61. The zero-order valence-corrected chi connectivity index (χ0v) is 11.5. The fraction of sp³-hybridized carbons (Fsp3) is 0.917. The highest BCUT2D eigenvalue weighted by molar-refractivity contribution is 5.82. The number of carbonyl (C=O) groups excluding carboxylic acids is 1. The van der Waals surface area contributed by atoms with Gasteiger partial charge in [-0.2, -0.15) is 0 Å². The Kier molecular flexibility index (Phi) is 5.97. The van der Waals surface area contributed by atoms with Crippen LogP contribution in [0.2, 0.25) is 0 Å². The SMILES string of the molecule is CC(CCN(C)C)NC(=O)C(N)C(C)(C)C. The Bertz CT molecular complexity index is 221. The summed E-state index contributed by atoms with van der Waals surface area (Å²) in [6, 6.07) is -0.280. The van der Waals surface area contributed by atoms with Crippen molar-refractivity contribution in [1.82, 2.24) is 10.2 Å². The van der Waals surface area contributed by atoms with Crippen LogP contribution < -0.4 is 11.1 Å². The lowest BCUT2D eigenvalue weighted by Gasteiger charge is -2.27. The molecule has 96 valence electrons. The molecule has 4 heteroatoms. The monoisotopic (exact) mass is 229 g/mol. The quantitative estimate of drug-likeness (QED) is 0.733. The molecule has 1 amide bonds. The average Bonchev–Trinajstić information content (AvgIpc) is 2.11. The van der Waals surface area contributed by atoms with E-state index in [0.717, 1.165) is 13.0 Å². The fourth-order valence-corrected chi connectivity index (χ4v) is 1.25. The van der Waals surface area contributed by atoms with E-state index in [9.17, 15) is 4.79 Å². The topological polar surface area (TPSA) is 58.4 Å². The molecule has 0 bridgehead atoms. The van der Waals surface area contributed by atoms with Gasteiger partial charge in [0, 0.05) is 6.04 Å². The van der Waals surface area contributed by atoms with E-state index < -0.39 is 6.04 Å². The van der Waals surface area contributed by atoms with Crippen LogP contribution in [-0.2, 0) is 4.79 Å². The minimum Gasteiger partial charge on any atom is -0.352 e. The Hall–Kier alpha value is -0.610. The average molecular weight is 229 g/mol. The number of hydrogen-bond acceptors (Lipinski definition) is 3. The molecule has 0 aromatic carbocycles. The van der Waals surface area contributed by atoms with Crippen LogP contribution in [0.15, 0.2) is 0 Å². The van der Waals surface area contributed by atoms with E-state index in [1.54, 1.807) is 0 Å². The second kappa shape index (κ2) is 6.21. The van der Waals surface area contributed by atoms with Crippen molar-refractivity contribution in [2.24, 2.45) is 11.1 Å². The van der Waals surface area contributed by atoms with Crippen molar-refractivity contribution in [3.05, 3.63) is 0 Å². The molecule has 0 aliphatic rings. The molecule has 0 aromatic heterocycles. The summed E-state index contributed by atoms with van der Waals surface area (Å²) in [5.41, 5.74) is 5.69. The maximum Gasteiger partial charge on any atom is 0.237 e. The molecule has 0 fully saturated rings. The normalized spacial score (nSPS) is 16.0. The molecule has 0 spiro atoms. The molecule has 0 rings (SSSR count). The molecule has 0 heterocycles. The van der Waals surface area contributed by atoms with Crippen LogP contribution in [-0.4, -0.2) is 43.5 Å². The molecule has 0 aliphatic heterocycles. The maximum absolute atomic E-state index is 11.8. The lowest BCUT2D eigenvalue weighted by molar-refractivity contribution is -0.125. The summed E-state index contributed by atoms with van der Waals surface area (Å²) in [6.45, 7) is 8.90. The van der Waals surface area contributed by atoms with E-state index in [-0.39, 0.29) is 17.4 Å². The summed E-state index contributed by atoms with van der Waals surface area (Å²) in [7, 11) is 4.05. The standard InChI is InChI=1S/C12H27N3O/c1-9(7-8-15(5)6)14-11(16)10(13)12(2,3)4/h9-10H,7-8,13H2,1-6H3,(H,14,16). The zero-order chi connectivity index (χ0) is 12.9. The predicted molar refractivity (Wildman–Crippen MR) is 68.2 cm³/mol. The second-order valence-corrected chi connectivity index (χ2v) is 5.85. The molecule has 0 aromatic rings. The van der Waals surface area contributed by atoms with Gasteiger partial charge in [-0.15, -0.1) is 0 Å². The highest BCUT2D eigenvalue weighted by Crippen LogP contribution is 2.17. The van der Waals surface area contributed by atoms with Crippen LogP contribution in [0.1, 0.15) is 34.1 Å². The van der Waals surface area contributed by atoms with Crippen molar-refractivity contribution in [2.75, 3.05) is 20.6 Å². The Balaban J connectivity index is 4.05. The number of nitrogens with zero attached hydrogens (tertiary/aromatic N) is 1. The highest BCUT2D eigenvalue weighted by atomic mass is 16.2. The van der Waals surface area contributed by atoms with Crippen molar-refractivity contribution in [3.63, 3.8) is 0 Å². The summed E-state index contributed by atoms with van der Waals surface area (Å²) < 4.78 is 0.